The molecule has 2 aromatic carbocycles. The lowest BCUT2D eigenvalue weighted by Crippen LogP contribution is -2.51. The highest BCUT2D eigenvalue weighted by molar-refractivity contribution is 5.94. The number of halogens is 2. The van der Waals surface area contributed by atoms with E-state index in [2.05, 4.69) is 5.32 Å². The van der Waals surface area contributed by atoms with Gasteiger partial charge in [-0.3, -0.25) is 4.79 Å². The van der Waals surface area contributed by atoms with Gasteiger partial charge in [-0.25, -0.2) is 13.6 Å². The predicted molar refractivity (Wildman–Crippen MR) is 112 cm³/mol. The summed E-state index contributed by atoms with van der Waals surface area (Å²) in [6.45, 7) is 3.72. The number of hydrogen-bond acceptors (Lipinski definition) is 4. The quantitative estimate of drug-likeness (QED) is 0.814. The molecule has 0 spiro atoms. The van der Waals surface area contributed by atoms with Crippen LogP contribution >= 0.6 is 0 Å². The first kappa shape index (κ1) is 21.0. The Morgan fingerprint density at radius 2 is 1.58 bits per heavy atom. The van der Waals surface area contributed by atoms with Gasteiger partial charge in [0.05, 0.1) is 18.9 Å². The average Bonchev–Trinajstić information content (AvgIpc) is 2.79. The van der Waals surface area contributed by atoms with E-state index in [4.69, 9.17) is 4.74 Å². The second kappa shape index (κ2) is 9.30. The monoisotopic (exact) mass is 430 g/mol. The zero-order valence-corrected chi connectivity index (χ0v) is 17.0. The number of urea groups is 1. The number of amides is 3. The molecule has 1 N–H and O–H groups in total. The fraction of sp³-hybridized carbons (Fsp3) is 0.364. The van der Waals surface area contributed by atoms with Crippen LogP contribution in [0.25, 0.3) is 0 Å². The molecule has 0 saturated carbocycles. The zero-order chi connectivity index (χ0) is 21.8. The van der Waals surface area contributed by atoms with Crippen LogP contribution in [0.15, 0.2) is 42.5 Å². The minimum absolute atomic E-state index is 0.264. The molecular formula is C22H24F2N4O3. The fourth-order valence-corrected chi connectivity index (χ4v) is 3.76. The topological polar surface area (TPSA) is 65.1 Å². The number of nitrogens with zero attached hydrogens (tertiary/aromatic N) is 3. The van der Waals surface area contributed by atoms with Gasteiger partial charge < -0.3 is 24.8 Å². The fourth-order valence-electron chi connectivity index (χ4n) is 3.76. The molecule has 0 atom stereocenters. The van der Waals surface area contributed by atoms with E-state index in [-0.39, 0.29) is 17.5 Å². The summed E-state index contributed by atoms with van der Waals surface area (Å²) in [5.74, 6) is -1.12. The molecule has 3 amide bonds. The van der Waals surface area contributed by atoms with Crippen molar-refractivity contribution in [3.05, 3.63) is 59.7 Å². The first-order chi connectivity index (χ1) is 15.0. The first-order valence-corrected chi connectivity index (χ1v) is 10.2. The molecule has 2 aliphatic rings. The van der Waals surface area contributed by atoms with Crippen molar-refractivity contribution in [3.8, 4) is 0 Å². The third-order valence-electron chi connectivity index (χ3n) is 5.48. The van der Waals surface area contributed by atoms with Crippen LogP contribution in [0.1, 0.15) is 10.4 Å². The molecule has 0 bridgehead atoms. The second-order valence-corrected chi connectivity index (χ2v) is 7.49. The lowest BCUT2D eigenvalue weighted by atomic mass is 10.2. The zero-order valence-electron chi connectivity index (χ0n) is 17.0. The number of ether oxygens (including phenoxy) is 1. The summed E-state index contributed by atoms with van der Waals surface area (Å²) < 4.78 is 33.2. The van der Waals surface area contributed by atoms with Gasteiger partial charge in [0.25, 0.3) is 5.91 Å². The van der Waals surface area contributed by atoms with Gasteiger partial charge in [-0.05, 0) is 36.4 Å². The van der Waals surface area contributed by atoms with Crippen molar-refractivity contribution in [2.24, 2.45) is 0 Å². The largest absolute Gasteiger partial charge is 0.378 e. The van der Waals surface area contributed by atoms with Crippen molar-refractivity contribution < 1.29 is 23.1 Å². The van der Waals surface area contributed by atoms with E-state index in [9.17, 15) is 18.4 Å². The predicted octanol–water partition coefficient (Wildman–Crippen LogP) is 2.79. The van der Waals surface area contributed by atoms with Crippen molar-refractivity contribution in [2.45, 2.75) is 0 Å². The van der Waals surface area contributed by atoms with Crippen molar-refractivity contribution in [2.75, 3.05) is 62.7 Å². The summed E-state index contributed by atoms with van der Waals surface area (Å²) in [5, 5.41) is 2.72. The Labute approximate surface area is 179 Å². The smallest absolute Gasteiger partial charge is 0.321 e. The molecular weight excluding hydrogens is 406 g/mol. The molecule has 9 heteroatoms. The van der Waals surface area contributed by atoms with Crippen molar-refractivity contribution in [1.82, 2.24) is 9.80 Å². The molecule has 2 saturated heterocycles. The highest BCUT2D eigenvalue weighted by Crippen LogP contribution is 2.24. The highest BCUT2D eigenvalue weighted by Gasteiger charge is 2.25. The molecule has 0 aliphatic carbocycles. The van der Waals surface area contributed by atoms with Crippen LogP contribution in [0.3, 0.4) is 0 Å². The molecule has 0 radical (unpaired) electrons. The Balaban J connectivity index is 1.32. The van der Waals surface area contributed by atoms with Gasteiger partial charge in [0, 0.05) is 50.5 Å². The number of rotatable bonds is 3. The van der Waals surface area contributed by atoms with Gasteiger partial charge in [-0.15, -0.1) is 0 Å². The van der Waals surface area contributed by atoms with E-state index in [1.165, 1.54) is 24.3 Å². The standard InChI is InChI=1S/C22H24F2N4O3/c23-17-3-1-2-16(14-17)21(29)27-6-8-28(9-7-27)22(30)25-18-4-5-20(19(24)15-18)26-10-12-31-13-11-26/h1-5,14-15H,6-13H2,(H,25,30). The molecule has 2 aliphatic heterocycles. The van der Waals surface area contributed by atoms with E-state index in [0.29, 0.717) is 63.9 Å². The molecule has 2 aromatic rings. The third-order valence-corrected chi connectivity index (χ3v) is 5.48. The summed E-state index contributed by atoms with van der Waals surface area (Å²) in [6, 6.07) is 9.85. The van der Waals surface area contributed by atoms with Crippen LogP contribution in [0.2, 0.25) is 0 Å². The molecule has 7 nitrogen and oxygen atoms in total. The van der Waals surface area contributed by atoms with Crippen molar-refractivity contribution in [3.63, 3.8) is 0 Å². The van der Waals surface area contributed by atoms with Crippen LogP contribution < -0.4 is 10.2 Å². The van der Waals surface area contributed by atoms with Gasteiger partial charge in [-0.2, -0.15) is 0 Å². The van der Waals surface area contributed by atoms with Gasteiger partial charge in [-0.1, -0.05) is 6.07 Å². The lowest BCUT2D eigenvalue weighted by molar-refractivity contribution is 0.0671. The van der Waals surface area contributed by atoms with E-state index in [0.717, 1.165) is 0 Å². The van der Waals surface area contributed by atoms with Crippen LogP contribution in [0.5, 0.6) is 0 Å². The molecule has 0 aromatic heterocycles. The maximum atomic E-state index is 14.5. The van der Waals surface area contributed by atoms with E-state index in [1.54, 1.807) is 28.0 Å². The Morgan fingerprint density at radius 1 is 0.871 bits per heavy atom. The maximum absolute atomic E-state index is 14.5. The van der Waals surface area contributed by atoms with Gasteiger partial charge in [0.1, 0.15) is 11.6 Å². The first-order valence-electron chi connectivity index (χ1n) is 10.2. The Bertz CT molecular complexity index is 958. The number of piperazine rings is 1. The SMILES string of the molecule is O=C(Nc1ccc(N2CCOCC2)c(F)c1)N1CCN(C(=O)c2cccc(F)c2)CC1. The van der Waals surface area contributed by atoms with E-state index in [1.807, 2.05) is 4.90 Å². The molecule has 164 valence electrons. The minimum atomic E-state index is -0.462. The van der Waals surface area contributed by atoms with Crippen LogP contribution in [-0.2, 0) is 4.74 Å². The molecule has 4 rings (SSSR count). The number of carbonyl (C=O) groups is 2. The summed E-state index contributed by atoms with van der Waals surface area (Å²) in [7, 11) is 0. The van der Waals surface area contributed by atoms with Gasteiger partial charge in [0.15, 0.2) is 0 Å². The van der Waals surface area contributed by atoms with Crippen molar-refractivity contribution >= 4 is 23.3 Å². The number of carbonyl (C=O) groups excluding carboxylic acids is 2. The number of morpholine rings is 1. The van der Waals surface area contributed by atoms with Crippen LogP contribution in [0, 0.1) is 11.6 Å². The second-order valence-electron chi connectivity index (χ2n) is 7.49. The molecule has 0 unspecified atom stereocenters. The number of anilines is 2. The van der Waals surface area contributed by atoms with Crippen molar-refractivity contribution in [1.29, 1.82) is 0 Å². The lowest BCUT2D eigenvalue weighted by Gasteiger charge is -2.34. The van der Waals surface area contributed by atoms with Gasteiger partial charge >= 0.3 is 6.03 Å². The Morgan fingerprint density at radius 3 is 2.26 bits per heavy atom. The summed E-state index contributed by atoms with van der Waals surface area (Å²) in [5.41, 5.74) is 1.15. The van der Waals surface area contributed by atoms with Crippen LogP contribution in [-0.4, -0.2) is 74.2 Å². The number of nitrogens with one attached hydrogen (secondary N) is 1. The van der Waals surface area contributed by atoms with Crippen LogP contribution in [0.4, 0.5) is 25.0 Å². The highest BCUT2D eigenvalue weighted by atomic mass is 19.1. The average molecular weight is 430 g/mol. The molecule has 31 heavy (non-hydrogen) atoms. The number of benzene rings is 2. The number of hydrogen-bond donors (Lipinski definition) is 1. The maximum Gasteiger partial charge on any atom is 0.321 e. The van der Waals surface area contributed by atoms with Gasteiger partial charge in [0.2, 0.25) is 0 Å². The Kier molecular flexibility index (Phi) is 6.31. The Hall–Kier alpha value is -3.20. The minimum Gasteiger partial charge on any atom is -0.378 e. The van der Waals surface area contributed by atoms with E-state index < -0.39 is 11.6 Å². The normalized spacial score (nSPS) is 16.9. The van der Waals surface area contributed by atoms with E-state index >= 15 is 0 Å². The molecule has 2 heterocycles. The summed E-state index contributed by atoms with van der Waals surface area (Å²) in [4.78, 5) is 30.2. The summed E-state index contributed by atoms with van der Waals surface area (Å²) >= 11 is 0. The molecule has 2 fully saturated rings. The summed E-state index contributed by atoms with van der Waals surface area (Å²) in [6.07, 6.45) is 0. The third kappa shape index (κ3) is 4.93.